The van der Waals surface area contributed by atoms with Crippen molar-refractivity contribution in [1.82, 2.24) is 15.2 Å². The van der Waals surface area contributed by atoms with E-state index in [1.807, 2.05) is 12.2 Å². The molecule has 2 heterocycles. The van der Waals surface area contributed by atoms with E-state index in [0.29, 0.717) is 61.8 Å². The van der Waals surface area contributed by atoms with Gasteiger partial charge < -0.3 is 15.0 Å². The van der Waals surface area contributed by atoms with Crippen LogP contribution < -0.4 is 15.0 Å². The maximum Gasteiger partial charge on any atom is 0.416 e. The summed E-state index contributed by atoms with van der Waals surface area (Å²) < 4.78 is 83.6. The third kappa shape index (κ3) is 7.87. The first-order valence-electron chi connectivity index (χ1n) is 12.6. The minimum atomic E-state index is -4.51. The second-order valence-electron chi connectivity index (χ2n) is 9.37. The molecule has 2 aromatic carbocycles. The maximum absolute atomic E-state index is 13.7. The number of ether oxygens (including phenoxy) is 1. The summed E-state index contributed by atoms with van der Waals surface area (Å²) in [5.41, 5.74) is 1.63. The number of carbonyl (C=O) groups excluding carboxylic acids is 1. The van der Waals surface area contributed by atoms with Gasteiger partial charge in [-0.25, -0.2) is 0 Å². The molecular weight excluding hydrogens is 538 g/mol. The predicted octanol–water partition coefficient (Wildman–Crippen LogP) is 5.78. The van der Waals surface area contributed by atoms with Crippen LogP contribution in [0.4, 0.5) is 32.0 Å². The number of hydrogen-bond donors (Lipinski definition) is 1. The number of rotatable bonds is 8. The lowest BCUT2D eigenvalue weighted by Crippen LogP contribution is -2.46. The fraction of sp³-hybridized carbons (Fsp3) is 0.357. The highest BCUT2D eigenvalue weighted by atomic mass is 19.4. The van der Waals surface area contributed by atoms with Crippen LogP contribution in [-0.2, 0) is 12.7 Å². The average Bonchev–Trinajstić information content (AvgIpc) is 2.91. The van der Waals surface area contributed by atoms with Gasteiger partial charge in [-0.05, 0) is 66.6 Å². The number of nitrogens with zero attached hydrogens (tertiary/aromatic N) is 3. The number of carbonyl (C=O) groups is 1. The van der Waals surface area contributed by atoms with Crippen LogP contribution in [0.1, 0.15) is 28.4 Å². The number of nitrogens with one attached hydrogen (secondary N) is 1. The Kier molecular flexibility index (Phi) is 8.87. The minimum absolute atomic E-state index is 0.119. The number of hydrogen-bond acceptors (Lipinski definition) is 5. The van der Waals surface area contributed by atoms with Crippen molar-refractivity contribution in [3.05, 3.63) is 77.6 Å². The van der Waals surface area contributed by atoms with E-state index in [2.05, 4.69) is 14.8 Å². The molecular formula is C28H28F6N4O2. The number of halogens is 6. The fourth-order valence-corrected chi connectivity index (χ4v) is 4.46. The highest BCUT2D eigenvalue weighted by molar-refractivity contribution is 5.94. The van der Waals surface area contributed by atoms with E-state index in [0.717, 1.165) is 17.8 Å². The number of amides is 1. The average molecular weight is 567 g/mol. The van der Waals surface area contributed by atoms with Gasteiger partial charge in [-0.3, -0.25) is 14.7 Å². The van der Waals surface area contributed by atoms with Gasteiger partial charge in [0.1, 0.15) is 12.3 Å². The molecule has 214 valence electrons. The van der Waals surface area contributed by atoms with Gasteiger partial charge >= 0.3 is 12.4 Å². The van der Waals surface area contributed by atoms with Crippen molar-refractivity contribution in [3.63, 3.8) is 0 Å². The quantitative estimate of drug-likeness (QED) is 0.351. The molecule has 0 unspecified atom stereocenters. The van der Waals surface area contributed by atoms with E-state index < -0.39 is 30.4 Å². The summed E-state index contributed by atoms with van der Waals surface area (Å²) >= 11 is 0. The summed E-state index contributed by atoms with van der Waals surface area (Å²) in [5.74, 6) is -0.334. The number of anilines is 1. The van der Waals surface area contributed by atoms with Gasteiger partial charge in [0, 0.05) is 55.7 Å². The summed E-state index contributed by atoms with van der Waals surface area (Å²) in [6, 6.07) is 11.9. The molecule has 1 saturated heterocycles. The van der Waals surface area contributed by atoms with E-state index in [9.17, 15) is 31.1 Å². The Balaban J connectivity index is 1.41. The highest BCUT2D eigenvalue weighted by Crippen LogP contribution is 2.34. The molecule has 3 aromatic rings. The van der Waals surface area contributed by atoms with E-state index in [4.69, 9.17) is 4.74 Å². The zero-order chi connectivity index (χ0) is 28.9. The number of alkyl halides is 6. The van der Waals surface area contributed by atoms with Crippen molar-refractivity contribution >= 4 is 11.6 Å². The summed E-state index contributed by atoms with van der Waals surface area (Å²) in [5, 5.41) is 1.84. The molecule has 1 fully saturated rings. The molecule has 0 spiro atoms. The van der Waals surface area contributed by atoms with E-state index in [1.165, 1.54) is 24.5 Å². The standard InChI is InChI=1S/C28H28F6N4O2/c1-2-40-25-14-22(15-35-16-25)21-11-19(12-23(13-21)28(32,33)34)17-37-7-9-38(10-8-37)24-5-3-20(4-6-24)26(39)36-18-27(29,30)31/h3-6,11-16H,2,7-10,17-18H2,1H3,(H,36,39). The highest BCUT2D eigenvalue weighted by Gasteiger charge is 2.32. The topological polar surface area (TPSA) is 57.7 Å². The van der Waals surface area contributed by atoms with E-state index >= 15 is 0 Å². The molecule has 4 rings (SSSR count). The molecule has 1 aliphatic heterocycles. The number of benzene rings is 2. The lowest BCUT2D eigenvalue weighted by molar-refractivity contribution is -0.137. The molecule has 12 heteroatoms. The van der Waals surface area contributed by atoms with Crippen LogP contribution >= 0.6 is 0 Å². The molecule has 40 heavy (non-hydrogen) atoms. The van der Waals surface area contributed by atoms with Crippen LogP contribution in [0.5, 0.6) is 5.75 Å². The Hall–Kier alpha value is -3.80. The molecule has 0 radical (unpaired) electrons. The van der Waals surface area contributed by atoms with Gasteiger partial charge in [0.05, 0.1) is 18.4 Å². The van der Waals surface area contributed by atoms with Crippen molar-refractivity contribution in [2.24, 2.45) is 0 Å². The fourth-order valence-electron chi connectivity index (χ4n) is 4.46. The molecule has 1 aromatic heterocycles. The van der Waals surface area contributed by atoms with Crippen LogP contribution in [0, 0.1) is 0 Å². The van der Waals surface area contributed by atoms with Crippen LogP contribution in [0.2, 0.25) is 0 Å². The van der Waals surface area contributed by atoms with Crippen molar-refractivity contribution < 1.29 is 35.9 Å². The van der Waals surface area contributed by atoms with Crippen molar-refractivity contribution in [2.75, 3.05) is 44.2 Å². The second-order valence-corrected chi connectivity index (χ2v) is 9.37. The largest absolute Gasteiger partial charge is 0.492 e. The van der Waals surface area contributed by atoms with Crippen molar-refractivity contribution in [2.45, 2.75) is 25.8 Å². The molecule has 0 saturated carbocycles. The summed E-state index contributed by atoms with van der Waals surface area (Å²) in [6.07, 6.45) is -5.98. The van der Waals surface area contributed by atoms with Gasteiger partial charge in [0.15, 0.2) is 0 Å². The van der Waals surface area contributed by atoms with Crippen LogP contribution in [0.25, 0.3) is 11.1 Å². The second kappa shape index (κ2) is 12.2. The Bertz CT molecular complexity index is 1300. The molecule has 0 aliphatic carbocycles. The lowest BCUT2D eigenvalue weighted by atomic mass is 10.00. The Morgan fingerprint density at radius 3 is 2.25 bits per heavy atom. The molecule has 1 aliphatic rings. The number of piperazine rings is 1. The number of aromatic nitrogens is 1. The Morgan fingerprint density at radius 1 is 0.925 bits per heavy atom. The monoisotopic (exact) mass is 566 g/mol. The maximum atomic E-state index is 13.7. The lowest BCUT2D eigenvalue weighted by Gasteiger charge is -2.36. The van der Waals surface area contributed by atoms with Gasteiger partial charge in [-0.2, -0.15) is 26.3 Å². The molecule has 0 atom stereocenters. The van der Waals surface area contributed by atoms with E-state index in [-0.39, 0.29) is 5.56 Å². The van der Waals surface area contributed by atoms with Crippen LogP contribution in [0.3, 0.4) is 0 Å². The molecule has 1 N–H and O–H groups in total. The molecule has 6 nitrogen and oxygen atoms in total. The van der Waals surface area contributed by atoms with Gasteiger partial charge in [0.2, 0.25) is 0 Å². The summed E-state index contributed by atoms with van der Waals surface area (Å²) in [4.78, 5) is 20.1. The SMILES string of the molecule is CCOc1cncc(-c2cc(CN3CCN(c4ccc(C(=O)NCC(F)(F)F)cc4)CC3)cc(C(F)(F)F)c2)c1. The molecule has 0 bridgehead atoms. The predicted molar refractivity (Wildman–Crippen MR) is 138 cm³/mol. The van der Waals surface area contributed by atoms with Crippen LogP contribution in [-0.4, -0.2) is 61.3 Å². The summed E-state index contributed by atoms with van der Waals surface area (Å²) in [6.45, 7) is 3.48. The smallest absolute Gasteiger partial charge is 0.416 e. The Morgan fingerprint density at radius 2 is 1.62 bits per heavy atom. The third-order valence-corrected chi connectivity index (χ3v) is 6.40. The summed E-state index contributed by atoms with van der Waals surface area (Å²) in [7, 11) is 0. The minimum Gasteiger partial charge on any atom is -0.492 e. The first-order chi connectivity index (χ1) is 18.9. The molecule has 1 amide bonds. The van der Waals surface area contributed by atoms with Gasteiger partial charge in [0.25, 0.3) is 5.91 Å². The van der Waals surface area contributed by atoms with Gasteiger partial charge in [-0.1, -0.05) is 0 Å². The Labute approximate surface area is 227 Å². The zero-order valence-electron chi connectivity index (χ0n) is 21.6. The first kappa shape index (κ1) is 29.2. The normalized spacial score (nSPS) is 14.7. The van der Waals surface area contributed by atoms with Gasteiger partial charge in [-0.15, -0.1) is 0 Å². The third-order valence-electron chi connectivity index (χ3n) is 6.40. The van der Waals surface area contributed by atoms with Crippen molar-refractivity contribution in [3.8, 4) is 16.9 Å². The first-order valence-corrected chi connectivity index (χ1v) is 12.6. The number of pyridine rings is 1. The zero-order valence-corrected chi connectivity index (χ0v) is 21.6. The van der Waals surface area contributed by atoms with Crippen LogP contribution in [0.15, 0.2) is 60.9 Å². The van der Waals surface area contributed by atoms with E-state index in [1.54, 1.807) is 24.3 Å². The van der Waals surface area contributed by atoms with Crippen molar-refractivity contribution in [1.29, 1.82) is 0 Å².